The number of hydrogen-bond donors (Lipinski definition) is 14. The minimum atomic E-state index is -1.27. The van der Waals surface area contributed by atoms with E-state index in [1.54, 1.807) is 85.7 Å². The Labute approximate surface area is 469 Å². The molecule has 0 aromatic heterocycles. The zero-order valence-electron chi connectivity index (χ0n) is 47.9. The lowest BCUT2D eigenvalue weighted by Crippen LogP contribution is -2.60. The number of aliphatic carboxylic acids is 1. The molecule has 14 N–H and O–H groups in total. The van der Waals surface area contributed by atoms with E-state index in [0.717, 1.165) is 0 Å². The highest BCUT2D eigenvalue weighted by atomic mass is 32.1. The Hall–Kier alpha value is -6.83. The molecular weight excluding hydrogens is 1040 g/mol. The molecule has 0 unspecified atom stereocenters. The van der Waals surface area contributed by atoms with Crippen molar-refractivity contribution in [1.29, 1.82) is 0 Å². The second-order valence-electron chi connectivity index (χ2n) is 21.7. The van der Waals surface area contributed by atoms with Crippen LogP contribution in [0, 0.1) is 29.6 Å². The Balaban J connectivity index is 3.02. The third-order valence-corrected chi connectivity index (χ3v) is 12.5. The van der Waals surface area contributed by atoms with Gasteiger partial charge in [0, 0.05) is 12.2 Å². The zero-order chi connectivity index (χ0) is 60.4. The molecule has 0 bridgehead atoms. The summed E-state index contributed by atoms with van der Waals surface area (Å²) in [7, 11) is 0. The van der Waals surface area contributed by atoms with E-state index in [0.29, 0.717) is 5.56 Å². The van der Waals surface area contributed by atoms with Gasteiger partial charge in [0.2, 0.25) is 65.0 Å². The van der Waals surface area contributed by atoms with Crippen LogP contribution in [0.15, 0.2) is 30.3 Å². The van der Waals surface area contributed by atoms with Crippen LogP contribution in [0.3, 0.4) is 0 Å². The number of nitrogens with one attached hydrogen (secondary N) is 11. The van der Waals surface area contributed by atoms with Crippen molar-refractivity contribution in [3.63, 3.8) is 0 Å². The average Bonchev–Trinajstić information content (AvgIpc) is 3.36. The zero-order valence-corrected chi connectivity index (χ0v) is 48.8. The smallest absolute Gasteiger partial charge is 0.325 e. The highest BCUT2D eigenvalue weighted by Crippen LogP contribution is 2.12. The van der Waals surface area contributed by atoms with E-state index in [1.807, 2.05) is 13.8 Å². The molecule has 0 radical (unpaired) electrons. The number of benzene rings is 1. The molecule has 1 rings (SSSR count). The fourth-order valence-corrected chi connectivity index (χ4v) is 7.78. The van der Waals surface area contributed by atoms with Crippen LogP contribution in [0.1, 0.15) is 115 Å². The Morgan fingerprint density at radius 3 is 1.24 bits per heavy atom. The van der Waals surface area contributed by atoms with Gasteiger partial charge in [0.15, 0.2) is 0 Å². The van der Waals surface area contributed by atoms with E-state index >= 15 is 0 Å². The number of rotatable bonds is 34. The normalized spacial score (nSPS) is 15.1. The molecule has 0 spiro atoms. The van der Waals surface area contributed by atoms with E-state index in [-0.39, 0.29) is 55.1 Å². The highest BCUT2D eigenvalue weighted by Gasteiger charge is 2.34. The van der Waals surface area contributed by atoms with Crippen molar-refractivity contribution in [3.8, 4) is 0 Å². The number of carbonyl (C=O) groups excluding carboxylic acids is 11. The molecule has 0 aliphatic heterocycles. The summed E-state index contributed by atoms with van der Waals surface area (Å²) in [6.45, 7) is 20.3. The summed E-state index contributed by atoms with van der Waals surface area (Å²) in [4.78, 5) is 158. The van der Waals surface area contributed by atoms with Gasteiger partial charge in [-0.2, -0.15) is 12.6 Å². The van der Waals surface area contributed by atoms with E-state index in [2.05, 4.69) is 71.1 Å². The minimum Gasteiger partial charge on any atom is -0.480 e. The van der Waals surface area contributed by atoms with Crippen LogP contribution in [0.25, 0.3) is 0 Å². The molecule has 0 saturated heterocycles. The van der Waals surface area contributed by atoms with E-state index in [4.69, 9.17) is 5.73 Å². The number of carbonyl (C=O) groups is 12. The minimum absolute atomic E-state index is 0.00819. The van der Waals surface area contributed by atoms with Gasteiger partial charge in [-0.05, 0) is 75.2 Å². The fraction of sp³-hybridized carbons (Fsp3) is 0.660. The summed E-state index contributed by atoms with van der Waals surface area (Å²) < 4.78 is 0. The summed E-state index contributed by atoms with van der Waals surface area (Å²) in [6, 6.07) is -2.82. The first-order valence-electron chi connectivity index (χ1n) is 26.7. The molecule has 0 aliphatic carbocycles. The monoisotopic (exact) mass is 1130 g/mol. The molecule has 1 aromatic rings. The third-order valence-electron chi connectivity index (χ3n) is 12.1. The molecule has 0 heterocycles. The summed E-state index contributed by atoms with van der Waals surface area (Å²) in [5.41, 5.74) is 6.40. The number of nitrogens with two attached hydrogens (primary N) is 1. The van der Waals surface area contributed by atoms with Gasteiger partial charge >= 0.3 is 5.97 Å². The first-order valence-corrected chi connectivity index (χ1v) is 27.3. The van der Waals surface area contributed by atoms with E-state index in [9.17, 15) is 62.6 Å². The Morgan fingerprint density at radius 2 is 0.797 bits per heavy atom. The third kappa shape index (κ3) is 26.6. The van der Waals surface area contributed by atoms with Gasteiger partial charge in [0.05, 0.1) is 19.1 Å². The second kappa shape index (κ2) is 34.9. The van der Waals surface area contributed by atoms with Gasteiger partial charge < -0.3 is 69.3 Å². The van der Waals surface area contributed by atoms with Gasteiger partial charge in [-0.25, -0.2) is 0 Å². The largest absolute Gasteiger partial charge is 0.480 e. The first kappa shape index (κ1) is 70.2. The van der Waals surface area contributed by atoms with Crippen LogP contribution >= 0.6 is 12.6 Å². The molecule has 11 amide bonds. The molecule has 25 nitrogen and oxygen atoms in total. The number of carboxylic acids is 1. The maximum absolute atomic E-state index is 13.7. The quantitative estimate of drug-likeness (QED) is 0.0356. The Bertz CT molecular complexity index is 2250. The average molecular weight is 1130 g/mol. The molecule has 1 aromatic carbocycles. The fourth-order valence-electron chi connectivity index (χ4n) is 7.62. The van der Waals surface area contributed by atoms with Crippen molar-refractivity contribution in [2.45, 2.75) is 176 Å². The van der Waals surface area contributed by atoms with Crippen molar-refractivity contribution >= 4 is 83.6 Å². The standard InChI is InChI=1S/C53H88N12O13S/c1-26(2)19-36(47(71)56-24-41(67)60-39(22-34-17-15-14-16-18-34)50(74)62-38(21-28(5)6)49(73)59-33(13)53(77)78)61-44(68)31(11)57-40(66)23-55-48(72)37(20-27(3)4)63-52(76)43(30(9)10)64-45(69)32(12)58-51(75)42(29(7)8)65-46(70)35(54)25-79/h14-18,26-33,35-39,42-43,79H,19-25,54H2,1-13H3,(H,55,72)(H,56,71)(H,57,66)(H,58,75)(H,59,73)(H,60,67)(H,61,68)(H,62,74)(H,63,76)(H,64,69)(H,65,70)(H,77,78)/t31-,32-,33-,35-,36-,37-,38-,39-,42-,43-/m0/s1. The van der Waals surface area contributed by atoms with Gasteiger partial charge in [0.1, 0.15) is 54.4 Å². The van der Waals surface area contributed by atoms with Gasteiger partial charge in [-0.3, -0.25) is 57.5 Å². The summed E-state index contributed by atoms with van der Waals surface area (Å²) in [5, 5.41) is 37.3. The van der Waals surface area contributed by atoms with E-state index < -0.39 is 150 Å². The molecule has 26 heteroatoms. The van der Waals surface area contributed by atoms with Crippen molar-refractivity contribution < 1.29 is 62.6 Å². The predicted octanol–water partition coefficient (Wildman–Crippen LogP) is -1.32. The lowest BCUT2D eigenvalue weighted by Gasteiger charge is -2.28. The predicted molar refractivity (Wildman–Crippen MR) is 298 cm³/mol. The van der Waals surface area contributed by atoms with Crippen molar-refractivity contribution in [1.82, 2.24) is 58.5 Å². The van der Waals surface area contributed by atoms with Crippen molar-refractivity contribution in [2.24, 2.45) is 35.3 Å². The second-order valence-corrected chi connectivity index (χ2v) is 22.0. The molecule has 79 heavy (non-hydrogen) atoms. The van der Waals surface area contributed by atoms with Crippen LogP contribution in [0.5, 0.6) is 0 Å². The number of carboxylic acid groups (broad SMARTS) is 1. The van der Waals surface area contributed by atoms with Crippen LogP contribution in [-0.2, 0) is 64.0 Å². The van der Waals surface area contributed by atoms with Gasteiger partial charge in [-0.1, -0.05) is 99.6 Å². The topological polar surface area (TPSA) is 383 Å². The van der Waals surface area contributed by atoms with Crippen molar-refractivity contribution in [2.75, 3.05) is 18.8 Å². The van der Waals surface area contributed by atoms with E-state index in [1.165, 1.54) is 20.8 Å². The van der Waals surface area contributed by atoms with Crippen molar-refractivity contribution in [3.05, 3.63) is 35.9 Å². The maximum atomic E-state index is 13.7. The van der Waals surface area contributed by atoms with Gasteiger partial charge in [0.25, 0.3) is 0 Å². The number of amides is 11. The maximum Gasteiger partial charge on any atom is 0.325 e. The molecule has 10 atom stereocenters. The molecule has 0 fully saturated rings. The van der Waals surface area contributed by atoms with Crippen LogP contribution in [-0.4, -0.2) is 155 Å². The molecule has 0 aliphatic rings. The lowest BCUT2D eigenvalue weighted by molar-refractivity contribution is -0.142. The number of thiol groups is 1. The summed E-state index contributed by atoms with van der Waals surface area (Å²) in [6.07, 6.45) is 0.390. The molecule has 0 saturated carbocycles. The summed E-state index contributed by atoms with van der Waals surface area (Å²) in [5.74, 6) is -10.4. The SMILES string of the molecule is CC(C)C[C@H](NC(=O)[C@H](C)NC(=O)CNC(=O)[C@H](CC(C)C)NC(=O)[C@@H](NC(=O)[C@H](C)NC(=O)[C@@H](NC(=O)[C@@H](N)CS)C(C)C)C(C)C)C(=O)NCC(=O)N[C@@H](Cc1ccccc1)C(=O)N[C@@H](CC(C)C)C(=O)N[C@@H](C)C(=O)O. The Morgan fingerprint density at radius 1 is 0.430 bits per heavy atom. The molecular formula is C53H88N12O13S. The van der Waals surface area contributed by atoms with Crippen LogP contribution < -0.4 is 64.2 Å². The summed E-state index contributed by atoms with van der Waals surface area (Å²) >= 11 is 4.01. The Kier molecular flexibility index (Phi) is 31.0. The first-order chi connectivity index (χ1) is 36.8. The van der Waals surface area contributed by atoms with Crippen LogP contribution in [0.2, 0.25) is 0 Å². The number of hydrogen-bond acceptors (Lipinski definition) is 14. The highest BCUT2D eigenvalue weighted by molar-refractivity contribution is 7.80. The lowest BCUT2D eigenvalue weighted by atomic mass is 9.99. The van der Waals surface area contributed by atoms with Gasteiger partial charge in [-0.15, -0.1) is 0 Å². The molecule has 444 valence electrons. The van der Waals surface area contributed by atoms with Crippen LogP contribution in [0.4, 0.5) is 0 Å².